The molecule has 96 valence electrons. The van der Waals surface area contributed by atoms with Gasteiger partial charge in [-0.15, -0.1) is 0 Å². The molecule has 1 aromatic heterocycles. The zero-order valence-electron chi connectivity index (χ0n) is 10.4. The summed E-state index contributed by atoms with van der Waals surface area (Å²) in [5, 5.41) is 3.76. The molecule has 1 aromatic carbocycles. The first-order valence-electron chi connectivity index (χ1n) is 5.37. The molecule has 2 rings (SSSR count). The van der Waals surface area contributed by atoms with E-state index in [1.54, 1.807) is 18.2 Å². The molecule has 0 amide bonds. The lowest BCUT2D eigenvalue weighted by Gasteiger charge is -2.12. The molecule has 0 aliphatic heterocycles. The zero-order valence-corrected chi connectivity index (χ0v) is 11.2. The maximum Gasteiger partial charge on any atom is 0.286 e. The van der Waals surface area contributed by atoms with E-state index in [1.165, 1.54) is 19.5 Å². The van der Waals surface area contributed by atoms with Crippen LogP contribution in [0.3, 0.4) is 0 Å². The molecule has 0 radical (unpaired) electrons. The van der Waals surface area contributed by atoms with Gasteiger partial charge < -0.3 is 4.74 Å². The number of rotatable bonds is 3. The fraction of sp³-hybridized carbons (Fsp3) is 0.250. The maximum atomic E-state index is 12.4. The summed E-state index contributed by atoms with van der Waals surface area (Å²) in [4.78, 5) is 0.122. The van der Waals surface area contributed by atoms with E-state index in [1.807, 2.05) is 13.8 Å². The smallest absolute Gasteiger partial charge is 0.286 e. The second kappa shape index (κ2) is 4.45. The van der Waals surface area contributed by atoms with Gasteiger partial charge in [-0.3, -0.25) is 0 Å². The lowest BCUT2D eigenvalue weighted by Crippen LogP contribution is -2.15. The summed E-state index contributed by atoms with van der Waals surface area (Å²) in [5.74, 6) is 0.327. The van der Waals surface area contributed by atoms with Gasteiger partial charge in [-0.25, -0.2) is 0 Å². The topological polar surface area (TPSA) is 61.2 Å². The summed E-state index contributed by atoms with van der Waals surface area (Å²) in [6, 6.07) is 4.88. The second-order valence-electron chi connectivity index (χ2n) is 3.97. The van der Waals surface area contributed by atoms with Gasteiger partial charge in [-0.05, 0) is 43.2 Å². The van der Waals surface area contributed by atoms with Crippen LogP contribution in [0.2, 0.25) is 0 Å². The normalized spacial score (nSPS) is 11.5. The summed E-state index contributed by atoms with van der Waals surface area (Å²) >= 11 is 0. The number of hydrogen-bond donors (Lipinski definition) is 0. The van der Waals surface area contributed by atoms with Crippen LogP contribution in [0.4, 0.5) is 0 Å². The minimum atomic E-state index is -3.70. The van der Waals surface area contributed by atoms with Crippen LogP contribution in [-0.2, 0) is 10.0 Å². The van der Waals surface area contributed by atoms with Crippen LogP contribution in [-0.4, -0.2) is 24.7 Å². The van der Waals surface area contributed by atoms with Gasteiger partial charge in [-0.2, -0.15) is 17.6 Å². The van der Waals surface area contributed by atoms with E-state index in [9.17, 15) is 8.42 Å². The molecule has 6 heteroatoms. The van der Waals surface area contributed by atoms with Crippen LogP contribution in [0.15, 0.2) is 35.5 Å². The Bertz CT molecular complexity index is 661. The van der Waals surface area contributed by atoms with Gasteiger partial charge in [0.25, 0.3) is 10.0 Å². The summed E-state index contributed by atoms with van der Waals surface area (Å²) in [5.41, 5.74) is 1.87. The van der Waals surface area contributed by atoms with Crippen molar-refractivity contribution in [3.05, 3.63) is 41.7 Å². The van der Waals surface area contributed by atoms with E-state index in [4.69, 9.17) is 4.74 Å². The van der Waals surface area contributed by atoms with Crippen molar-refractivity contribution in [3.8, 4) is 5.75 Å². The van der Waals surface area contributed by atoms with Crippen molar-refractivity contribution in [3.63, 3.8) is 0 Å². The Hall–Kier alpha value is -1.82. The van der Waals surface area contributed by atoms with E-state index in [0.29, 0.717) is 5.75 Å². The first-order chi connectivity index (χ1) is 8.46. The SMILES string of the molecule is COc1cc(C)c(C)cc1S(=O)(=O)n1cccn1. The quantitative estimate of drug-likeness (QED) is 0.849. The van der Waals surface area contributed by atoms with E-state index < -0.39 is 10.0 Å². The van der Waals surface area contributed by atoms with Crippen LogP contribution in [0.5, 0.6) is 5.75 Å². The molecule has 0 saturated heterocycles. The summed E-state index contributed by atoms with van der Waals surface area (Å²) in [7, 11) is -2.25. The Morgan fingerprint density at radius 1 is 1.22 bits per heavy atom. The van der Waals surface area contributed by atoms with Crippen LogP contribution < -0.4 is 4.74 Å². The minimum Gasteiger partial charge on any atom is -0.495 e. The van der Waals surface area contributed by atoms with Crippen molar-refractivity contribution in [2.45, 2.75) is 18.7 Å². The molecule has 0 atom stereocenters. The highest BCUT2D eigenvalue weighted by Gasteiger charge is 2.22. The second-order valence-corrected chi connectivity index (χ2v) is 5.74. The van der Waals surface area contributed by atoms with Crippen molar-refractivity contribution in [1.29, 1.82) is 0 Å². The van der Waals surface area contributed by atoms with Gasteiger partial charge in [0, 0.05) is 6.20 Å². The molecule has 5 nitrogen and oxygen atoms in total. The Labute approximate surface area is 106 Å². The van der Waals surface area contributed by atoms with Crippen molar-refractivity contribution < 1.29 is 13.2 Å². The van der Waals surface area contributed by atoms with Gasteiger partial charge in [-0.1, -0.05) is 0 Å². The molecular weight excluding hydrogens is 252 g/mol. The molecule has 0 unspecified atom stereocenters. The third kappa shape index (κ3) is 1.99. The summed E-state index contributed by atoms with van der Waals surface area (Å²) in [6.07, 6.45) is 2.81. The molecule has 0 N–H and O–H groups in total. The number of benzene rings is 1. The first kappa shape index (κ1) is 12.6. The zero-order chi connectivity index (χ0) is 13.3. The maximum absolute atomic E-state index is 12.4. The number of ether oxygens (including phenoxy) is 1. The molecule has 0 aliphatic carbocycles. The van der Waals surface area contributed by atoms with Crippen molar-refractivity contribution >= 4 is 10.0 Å². The van der Waals surface area contributed by atoms with Crippen LogP contribution in [0.1, 0.15) is 11.1 Å². The van der Waals surface area contributed by atoms with Gasteiger partial charge in [0.15, 0.2) is 0 Å². The molecule has 0 bridgehead atoms. The van der Waals surface area contributed by atoms with E-state index in [2.05, 4.69) is 5.10 Å². The monoisotopic (exact) mass is 266 g/mol. The van der Waals surface area contributed by atoms with E-state index >= 15 is 0 Å². The van der Waals surface area contributed by atoms with Crippen molar-refractivity contribution in [2.24, 2.45) is 0 Å². The number of aryl methyl sites for hydroxylation is 2. The van der Waals surface area contributed by atoms with E-state index in [-0.39, 0.29) is 4.90 Å². The number of hydrogen-bond acceptors (Lipinski definition) is 4. The van der Waals surface area contributed by atoms with E-state index in [0.717, 1.165) is 15.2 Å². The van der Waals surface area contributed by atoms with Gasteiger partial charge in [0.05, 0.1) is 13.3 Å². The highest BCUT2D eigenvalue weighted by molar-refractivity contribution is 7.90. The summed E-state index contributed by atoms with van der Waals surface area (Å²) < 4.78 is 30.8. The van der Waals surface area contributed by atoms with Gasteiger partial charge >= 0.3 is 0 Å². The third-order valence-electron chi connectivity index (χ3n) is 2.78. The highest BCUT2D eigenvalue weighted by Crippen LogP contribution is 2.28. The average molecular weight is 266 g/mol. The Morgan fingerprint density at radius 3 is 2.44 bits per heavy atom. The Kier molecular flexibility index (Phi) is 3.13. The molecule has 0 fully saturated rings. The predicted octanol–water partition coefficient (Wildman–Crippen LogP) is 1.75. The number of methoxy groups -OCH3 is 1. The molecular formula is C12H14N2O3S. The molecule has 18 heavy (non-hydrogen) atoms. The Balaban J connectivity index is 2.68. The summed E-state index contributed by atoms with van der Waals surface area (Å²) in [6.45, 7) is 3.76. The number of nitrogens with zero attached hydrogens (tertiary/aromatic N) is 2. The molecule has 0 spiro atoms. The Morgan fingerprint density at radius 2 is 1.89 bits per heavy atom. The number of aromatic nitrogens is 2. The molecule has 0 aliphatic rings. The lowest BCUT2D eigenvalue weighted by molar-refractivity contribution is 0.401. The molecule has 0 saturated carbocycles. The largest absolute Gasteiger partial charge is 0.495 e. The van der Waals surface area contributed by atoms with Gasteiger partial charge in [0.2, 0.25) is 0 Å². The fourth-order valence-corrected chi connectivity index (χ4v) is 2.95. The van der Waals surface area contributed by atoms with Crippen LogP contribution in [0.25, 0.3) is 0 Å². The minimum absolute atomic E-state index is 0.122. The fourth-order valence-electron chi connectivity index (χ4n) is 1.62. The standard InChI is InChI=1S/C12H14N2O3S/c1-9-7-11(17-3)12(8-10(9)2)18(15,16)14-6-4-5-13-14/h4-8H,1-3H3. The van der Waals surface area contributed by atoms with Gasteiger partial charge in [0.1, 0.15) is 10.6 Å². The predicted molar refractivity (Wildman–Crippen MR) is 67.3 cm³/mol. The molecule has 1 heterocycles. The highest BCUT2D eigenvalue weighted by atomic mass is 32.2. The lowest BCUT2D eigenvalue weighted by atomic mass is 10.1. The van der Waals surface area contributed by atoms with Crippen LogP contribution in [0, 0.1) is 13.8 Å². The third-order valence-corrected chi connectivity index (χ3v) is 4.37. The first-order valence-corrected chi connectivity index (χ1v) is 6.81. The molecule has 2 aromatic rings. The van der Waals surface area contributed by atoms with Crippen LogP contribution >= 0.6 is 0 Å². The van der Waals surface area contributed by atoms with Crippen molar-refractivity contribution in [2.75, 3.05) is 7.11 Å². The average Bonchev–Trinajstić information content (AvgIpc) is 2.86. The van der Waals surface area contributed by atoms with Crippen molar-refractivity contribution in [1.82, 2.24) is 9.19 Å².